The van der Waals surface area contributed by atoms with Crippen molar-refractivity contribution >= 4 is 0 Å². The highest BCUT2D eigenvalue weighted by atomic mass is 19.3. The summed E-state index contributed by atoms with van der Waals surface area (Å²) in [7, 11) is 0. The van der Waals surface area contributed by atoms with Gasteiger partial charge in [-0.3, -0.25) is 0 Å². The Morgan fingerprint density at radius 2 is 1.26 bits per heavy atom. The fourth-order valence-corrected chi connectivity index (χ4v) is 4.15. The van der Waals surface area contributed by atoms with Gasteiger partial charge in [0.05, 0.1) is 6.42 Å². The van der Waals surface area contributed by atoms with E-state index in [1.165, 1.54) is 12.1 Å². The highest BCUT2D eigenvalue weighted by Crippen LogP contribution is 2.33. The van der Waals surface area contributed by atoms with E-state index in [9.17, 15) is 35.1 Å². The van der Waals surface area contributed by atoms with Crippen molar-refractivity contribution in [2.75, 3.05) is 0 Å². The number of halogens is 8. The van der Waals surface area contributed by atoms with Crippen LogP contribution in [-0.2, 0) is 12.8 Å². The molecule has 0 amide bonds. The van der Waals surface area contributed by atoms with E-state index in [2.05, 4.69) is 4.74 Å². The molecule has 204 valence electrons. The Bertz CT molecular complexity index is 1460. The number of hydrogen-bond acceptors (Lipinski definition) is 1. The van der Waals surface area contributed by atoms with E-state index >= 15 is 0 Å². The molecule has 0 saturated heterocycles. The summed E-state index contributed by atoms with van der Waals surface area (Å²) >= 11 is 0. The molecule has 0 aliphatic carbocycles. The van der Waals surface area contributed by atoms with E-state index in [-0.39, 0.29) is 22.3 Å². The average molecular weight is 550 g/mol. The average Bonchev–Trinajstić information content (AvgIpc) is 2.88. The van der Waals surface area contributed by atoms with Crippen molar-refractivity contribution < 1.29 is 39.9 Å². The van der Waals surface area contributed by atoms with Gasteiger partial charge in [0.2, 0.25) is 0 Å². The third kappa shape index (κ3) is 6.41. The normalized spacial score (nSPS) is 11.6. The zero-order chi connectivity index (χ0) is 28.3. The summed E-state index contributed by atoms with van der Waals surface area (Å²) in [5.41, 5.74) is 0.487. The molecule has 4 rings (SSSR count). The van der Waals surface area contributed by atoms with Crippen LogP contribution in [0.3, 0.4) is 0 Å². The number of alkyl halides is 2. The molecule has 39 heavy (non-hydrogen) atoms. The summed E-state index contributed by atoms with van der Waals surface area (Å²) in [6.45, 7) is 2.02. The van der Waals surface area contributed by atoms with Crippen LogP contribution in [0.4, 0.5) is 35.1 Å². The second-order valence-corrected chi connectivity index (χ2v) is 8.98. The largest absolute Gasteiger partial charge is 0.432 e. The Balaban J connectivity index is 1.45. The number of hydrogen-bond donors (Lipinski definition) is 0. The molecular formula is C30H22F8O. The number of benzene rings is 4. The molecule has 0 aliphatic heterocycles. The Morgan fingerprint density at radius 3 is 1.87 bits per heavy atom. The molecule has 1 nitrogen and oxygen atoms in total. The molecule has 0 unspecified atom stereocenters. The van der Waals surface area contributed by atoms with E-state index in [0.29, 0.717) is 23.8 Å². The Hall–Kier alpha value is -3.88. The van der Waals surface area contributed by atoms with Gasteiger partial charge in [-0.25, -0.2) is 26.3 Å². The fraction of sp³-hybridized carbons (Fsp3) is 0.200. The lowest BCUT2D eigenvalue weighted by Crippen LogP contribution is -2.25. The van der Waals surface area contributed by atoms with Crippen molar-refractivity contribution in [3.05, 3.63) is 113 Å². The third-order valence-electron chi connectivity index (χ3n) is 6.15. The van der Waals surface area contributed by atoms with E-state index in [1.807, 2.05) is 19.1 Å². The zero-order valence-corrected chi connectivity index (χ0v) is 20.6. The second-order valence-electron chi connectivity index (χ2n) is 8.98. The molecule has 0 atom stereocenters. The number of rotatable bonds is 9. The first-order valence-corrected chi connectivity index (χ1v) is 12.1. The van der Waals surface area contributed by atoms with Crippen LogP contribution in [0.15, 0.2) is 66.7 Å². The predicted octanol–water partition coefficient (Wildman–Crippen LogP) is 9.41. The lowest BCUT2D eigenvalue weighted by molar-refractivity contribution is -0.180. The van der Waals surface area contributed by atoms with Crippen LogP contribution >= 0.6 is 0 Å². The minimum atomic E-state index is -3.89. The lowest BCUT2D eigenvalue weighted by Gasteiger charge is -2.19. The summed E-state index contributed by atoms with van der Waals surface area (Å²) in [5.74, 6) is -9.00. The first-order valence-electron chi connectivity index (χ1n) is 12.1. The molecule has 4 aromatic carbocycles. The fourth-order valence-electron chi connectivity index (χ4n) is 4.15. The van der Waals surface area contributed by atoms with Gasteiger partial charge in [0.25, 0.3) is 0 Å². The molecule has 0 bridgehead atoms. The smallest absolute Gasteiger partial charge is 0.398 e. The molecular weight excluding hydrogens is 528 g/mol. The molecule has 0 aromatic heterocycles. The van der Waals surface area contributed by atoms with Crippen LogP contribution in [0.5, 0.6) is 5.75 Å². The third-order valence-corrected chi connectivity index (χ3v) is 6.15. The van der Waals surface area contributed by atoms with Gasteiger partial charge in [-0.15, -0.1) is 0 Å². The molecule has 9 heteroatoms. The van der Waals surface area contributed by atoms with Crippen LogP contribution in [0.25, 0.3) is 22.3 Å². The highest BCUT2D eigenvalue weighted by molar-refractivity contribution is 5.66. The zero-order valence-electron chi connectivity index (χ0n) is 20.6. The lowest BCUT2D eigenvalue weighted by atomic mass is 9.98. The van der Waals surface area contributed by atoms with Crippen molar-refractivity contribution in [1.82, 2.24) is 0 Å². The van der Waals surface area contributed by atoms with Crippen LogP contribution < -0.4 is 4.74 Å². The Morgan fingerprint density at radius 1 is 0.615 bits per heavy atom. The molecule has 0 radical (unpaired) electrons. The summed E-state index contributed by atoms with van der Waals surface area (Å²) in [5, 5.41) is 0. The van der Waals surface area contributed by atoms with Crippen molar-refractivity contribution in [3.63, 3.8) is 0 Å². The van der Waals surface area contributed by atoms with E-state index < -0.39 is 59.6 Å². The Kier molecular flexibility index (Phi) is 8.28. The number of aryl methyl sites for hydroxylation is 2. The van der Waals surface area contributed by atoms with Crippen molar-refractivity contribution in [3.8, 4) is 28.0 Å². The molecule has 0 fully saturated rings. The van der Waals surface area contributed by atoms with Gasteiger partial charge >= 0.3 is 6.11 Å². The predicted molar refractivity (Wildman–Crippen MR) is 131 cm³/mol. The van der Waals surface area contributed by atoms with Gasteiger partial charge in [0.1, 0.15) is 11.6 Å². The standard InChI is InChI=1S/C30H22F8O/c1-2-3-17-4-6-18(7-5-17)23-10-8-19(27(34)28(23)35)12-13-30(37,38)39-21-9-11-22(24(31)16-21)20-14-25(32)29(36)26(33)15-20/h4-11,14-16H,2-3,12-13H2,1H3. The number of ether oxygens (including phenoxy) is 1. The van der Waals surface area contributed by atoms with Gasteiger partial charge in [0, 0.05) is 17.2 Å². The second kappa shape index (κ2) is 11.5. The van der Waals surface area contributed by atoms with Crippen LogP contribution in [-0.4, -0.2) is 6.11 Å². The molecule has 0 N–H and O–H groups in total. The summed E-state index contributed by atoms with van der Waals surface area (Å²) in [6.07, 6.45) is -3.74. The van der Waals surface area contributed by atoms with E-state index in [4.69, 9.17) is 0 Å². The topological polar surface area (TPSA) is 9.23 Å². The molecule has 0 saturated carbocycles. The monoisotopic (exact) mass is 550 g/mol. The van der Waals surface area contributed by atoms with E-state index in [1.54, 1.807) is 12.1 Å². The minimum absolute atomic E-state index is 0.00112. The van der Waals surface area contributed by atoms with Crippen molar-refractivity contribution in [2.45, 2.75) is 38.7 Å². The van der Waals surface area contributed by atoms with Crippen LogP contribution in [0.1, 0.15) is 30.9 Å². The molecule has 0 aliphatic rings. The van der Waals surface area contributed by atoms with E-state index in [0.717, 1.165) is 30.5 Å². The minimum Gasteiger partial charge on any atom is -0.432 e. The Labute approximate surface area is 219 Å². The van der Waals surface area contributed by atoms with Crippen molar-refractivity contribution in [1.29, 1.82) is 0 Å². The quantitative estimate of drug-likeness (QED) is 0.149. The first kappa shape index (κ1) is 28.1. The van der Waals surface area contributed by atoms with Gasteiger partial charge in [-0.05, 0) is 59.4 Å². The van der Waals surface area contributed by atoms with Gasteiger partial charge in [-0.1, -0.05) is 49.7 Å². The molecule has 0 spiro atoms. The first-order chi connectivity index (χ1) is 18.5. The van der Waals surface area contributed by atoms with Gasteiger partial charge < -0.3 is 4.74 Å². The van der Waals surface area contributed by atoms with Crippen LogP contribution in [0, 0.1) is 34.9 Å². The highest BCUT2D eigenvalue weighted by Gasteiger charge is 2.32. The van der Waals surface area contributed by atoms with Gasteiger partial charge in [0.15, 0.2) is 29.1 Å². The van der Waals surface area contributed by atoms with Gasteiger partial charge in [-0.2, -0.15) is 8.78 Å². The molecule has 0 heterocycles. The van der Waals surface area contributed by atoms with Crippen molar-refractivity contribution in [2.24, 2.45) is 0 Å². The maximum Gasteiger partial charge on any atom is 0.398 e. The molecule has 4 aromatic rings. The maximum absolute atomic E-state index is 14.8. The maximum atomic E-state index is 14.8. The summed E-state index contributed by atoms with van der Waals surface area (Å²) in [6, 6.07) is 13.1. The van der Waals surface area contributed by atoms with Crippen LogP contribution in [0.2, 0.25) is 0 Å². The summed E-state index contributed by atoms with van der Waals surface area (Å²) in [4.78, 5) is 0. The SMILES string of the molecule is CCCc1ccc(-c2ccc(CCC(F)(F)Oc3ccc(-c4cc(F)c(F)c(F)c4)c(F)c3)c(F)c2F)cc1. The summed E-state index contributed by atoms with van der Waals surface area (Å²) < 4.78 is 118.